The molecule has 4 fully saturated rings. The molecule has 0 unspecified atom stereocenters. The van der Waals surface area contributed by atoms with Crippen LogP contribution in [-0.2, 0) is 18.9 Å². The number of hydrazine groups is 1. The highest BCUT2D eigenvalue weighted by atomic mass is 16.7. The summed E-state index contributed by atoms with van der Waals surface area (Å²) in [6.07, 6.45) is 7.15. The zero-order chi connectivity index (χ0) is 29.7. The maximum Gasteiger partial charge on any atom is 0.481 e. The van der Waals surface area contributed by atoms with Gasteiger partial charge in [-0.15, -0.1) is 0 Å². The first kappa shape index (κ1) is 32.3. The van der Waals surface area contributed by atoms with Gasteiger partial charge in [0.1, 0.15) is 5.78 Å². The van der Waals surface area contributed by atoms with Crippen LogP contribution in [0.4, 0.5) is 0 Å². The fourth-order valence-corrected chi connectivity index (χ4v) is 7.06. The molecule has 0 aromatic heterocycles. The fraction of sp³-hybridized carbons (Fsp3) is 0.893. The fourth-order valence-electron chi connectivity index (χ4n) is 7.06. The lowest BCUT2D eigenvalue weighted by Crippen LogP contribution is -2.65. The minimum Gasteiger partial charge on any atom is -0.404 e. The molecule has 0 aromatic carbocycles. The average Bonchev–Trinajstić information content (AvgIpc) is 3.22. The molecule has 0 spiro atoms. The van der Waals surface area contributed by atoms with Gasteiger partial charge < -0.3 is 20.4 Å². The van der Waals surface area contributed by atoms with Gasteiger partial charge in [0.15, 0.2) is 5.03 Å². The largest absolute Gasteiger partial charge is 0.481 e. The number of carbonyl (C=O) groups is 2. The number of nitrogens with two attached hydrogens (primary N) is 1. The minimum absolute atomic E-state index is 0.0212. The van der Waals surface area contributed by atoms with Crippen molar-refractivity contribution < 1.29 is 23.9 Å². The normalized spacial score (nSPS) is 28.4. The van der Waals surface area contributed by atoms with Gasteiger partial charge in [-0.3, -0.25) is 9.59 Å². The highest BCUT2D eigenvalue weighted by molar-refractivity contribution is 6.47. The quantitative estimate of drug-likeness (QED) is 0.0639. The summed E-state index contributed by atoms with van der Waals surface area (Å²) in [4.78, 5) is 40.9. The molecule has 1 amide bonds. The molecule has 1 aliphatic heterocycles. The van der Waals surface area contributed by atoms with Gasteiger partial charge in [-0.05, 0) is 68.6 Å². The van der Waals surface area contributed by atoms with Crippen molar-refractivity contribution in [1.82, 2.24) is 10.7 Å². The number of nitrogens with zero attached hydrogens (tertiary/aromatic N) is 2. The number of amides is 1. The van der Waals surface area contributed by atoms with E-state index in [2.05, 4.69) is 51.9 Å². The summed E-state index contributed by atoms with van der Waals surface area (Å²) >= 11 is 0. The zero-order valence-corrected chi connectivity index (χ0v) is 25.2. The molecule has 40 heavy (non-hydrogen) atoms. The van der Waals surface area contributed by atoms with Crippen molar-refractivity contribution >= 4 is 24.8 Å². The molecule has 226 valence electrons. The standard InChI is InChI=1S/C28H50BN5O6/c1-7-8-9-12-21(35)15-19(11-10-13-31-26(30)33-34(37)38)25(36)32-24(14-18(2)3)29-39-23-17-20-16-22(27(20,4)5)28(23,6)40-29/h18-20,22-24H,7-17H2,1-6H3,(H,32,36)(H3,30,31,33)/t19-,20-,22-,23-,24+,28+/m1/s1. The SMILES string of the molecule is CCCCCC(=O)C[C@@H](CCCN=C(N)N[N+](=O)[O-])C(=O)N[C@@H](CC(C)C)B1O[C@@H]2C[C@H]3C[C@H](C3(C)C)[C@]2(C)O1. The first-order valence-corrected chi connectivity index (χ1v) is 15.1. The van der Waals surface area contributed by atoms with Gasteiger partial charge >= 0.3 is 7.12 Å². The lowest BCUT2D eigenvalue weighted by Gasteiger charge is -2.64. The first-order chi connectivity index (χ1) is 18.8. The Kier molecular flexibility index (Phi) is 11.0. The third-order valence-corrected chi connectivity index (χ3v) is 9.45. The van der Waals surface area contributed by atoms with E-state index in [0.717, 1.165) is 32.1 Å². The van der Waals surface area contributed by atoms with Crippen molar-refractivity contribution in [2.75, 3.05) is 6.54 Å². The first-order valence-electron chi connectivity index (χ1n) is 15.1. The Balaban J connectivity index is 1.68. The third kappa shape index (κ3) is 7.75. The summed E-state index contributed by atoms with van der Waals surface area (Å²) in [5.74, 6) is 0.101. The molecule has 11 nitrogen and oxygen atoms in total. The second-order valence-electron chi connectivity index (χ2n) is 13.3. The number of rotatable bonds is 16. The van der Waals surface area contributed by atoms with Crippen LogP contribution in [0.1, 0.15) is 106 Å². The van der Waals surface area contributed by atoms with Crippen LogP contribution in [0.2, 0.25) is 0 Å². The van der Waals surface area contributed by atoms with Crippen LogP contribution in [0.5, 0.6) is 0 Å². The zero-order valence-electron chi connectivity index (χ0n) is 25.2. The molecular weight excluding hydrogens is 513 g/mol. The molecule has 3 aliphatic carbocycles. The van der Waals surface area contributed by atoms with Crippen molar-refractivity contribution in [3.63, 3.8) is 0 Å². The number of unbranched alkanes of at least 4 members (excludes halogenated alkanes) is 2. The average molecular weight is 564 g/mol. The van der Waals surface area contributed by atoms with Crippen LogP contribution >= 0.6 is 0 Å². The van der Waals surface area contributed by atoms with Gasteiger partial charge in [0.25, 0.3) is 5.96 Å². The van der Waals surface area contributed by atoms with E-state index in [9.17, 15) is 19.7 Å². The smallest absolute Gasteiger partial charge is 0.404 e. The van der Waals surface area contributed by atoms with Crippen LogP contribution < -0.4 is 16.5 Å². The molecule has 4 N–H and O–H groups in total. The molecular formula is C28H50BN5O6. The third-order valence-electron chi connectivity index (χ3n) is 9.45. The van der Waals surface area contributed by atoms with Crippen molar-refractivity contribution in [1.29, 1.82) is 0 Å². The van der Waals surface area contributed by atoms with Gasteiger partial charge in [0.05, 0.1) is 17.6 Å². The summed E-state index contributed by atoms with van der Waals surface area (Å²) in [7, 11) is -0.532. The number of nitro groups is 1. The van der Waals surface area contributed by atoms with Crippen molar-refractivity contribution in [3.8, 4) is 0 Å². The van der Waals surface area contributed by atoms with Crippen LogP contribution in [0, 0.1) is 39.2 Å². The second-order valence-corrected chi connectivity index (χ2v) is 13.3. The van der Waals surface area contributed by atoms with Crippen LogP contribution in [0.25, 0.3) is 0 Å². The summed E-state index contributed by atoms with van der Waals surface area (Å²) < 4.78 is 13.2. The number of hydrogen-bond acceptors (Lipinski definition) is 7. The van der Waals surface area contributed by atoms with E-state index in [4.69, 9.17) is 15.0 Å². The van der Waals surface area contributed by atoms with Gasteiger partial charge in [-0.25, -0.2) is 15.1 Å². The van der Waals surface area contributed by atoms with E-state index in [1.807, 2.05) is 5.43 Å². The van der Waals surface area contributed by atoms with Gasteiger partial charge in [-0.2, -0.15) is 0 Å². The second kappa shape index (κ2) is 13.6. The van der Waals surface area contributed by atoms with Crippen molar-refractivity contribution in [2.45, 2.75) is 123 Å². The minimum atomic E-state index is -0.771. The maximum absolute atomic E-state index is 13.7. The molecule has 4 rings (SSSR count). The monoisotopic (exact) mass is 563 g/mol. The van der Waals surface area contributed by atoms with E-state index in [-0.39, 0.29) is 53.7 Å². The predicted octanol–water partition coefficient (Wildman–Crippen LogP) is 3.82. The summed E-state index contributed by atoms with van der Waals surface area (Å²) in [6.45, 7) is 13.3. The van der Waals surface area contributed by atoms with Crippen molar-refractivity contribution in [2.24, 2.45) is 39.8 Å². The van der Waals surface area contributed by atoms with E-state index < -0.39 is 18.1 Å². The molecule has 3 saturated carbocycles. The number of carbonyl (C=O) groups excluding carboxylic acids is 2. The molecule has 0 radical (unpaired) electrons. The number of guanidine groups is 1. The Labute approximate surface area is 239 Å². The van der Waals surface area contributed by atoms with Crippen LogP contribution in [-0.4, -0.2) is 54.0 Å². The molecule has 12 heteroatoms. The number of Topliss-reactive ketones (excluding diaryl/α,β-unsaturated/α-hetero) is 1. The molecule has 4 aliphatic rings. The van der Waals surface area contributed by atoms with Gasteiger partial charge in [0.2, 0.25) is 5.91 Å². The topological polar surface area (TPSA) is 158 Å². The molecule has 0 aromatic rings. The number of ketones is 1. The lowest BCUT2D eigenvalue weighted by atomic mass is 9.43. The molecule has 1 heterocycles. The van der Waals surface area contributed by atoms with E-state index in [1.54, 1.807) is 0 Å². The molecule has 1 saturated heterocycles. The summed E-state index contributed by atoms with van der Waals surface area (Å²) in [5.41, 5.74) is 7.18. The molecule has 2 bridgehead atoms. The van der Waals surface area contributed by atoms with Gasteiger partial charge in [-0.1, -0.05) is 52.9 Å². The number of hydrogen-bond donors (Lipinski definition) is 3. The van der Waals surface area contributed by atoms with Crippen LogP contribution in [0.15, 0.2) is 4.99 Å². The van der Waals surface area contributed by atoms with E-state index >= 15 is 0 Å². The van der Waals surface area contributed by atoms with Gasteiger partial charge in [0, 0.05) is 25.3 Å². The number of nitrogens with one attached hydrogen (secondary N) is 2. The Morgan fingerprint density at radius 2 is 1.93 bits per heavy atom. The molecule has 6 atom stereocenters. The lowest BCUT2D eigenvalue weighted by molar-refractivity contribution is -0.525. The number of aliphatic imine (C=N–C) groups is 1. The maximum atomic E-state index is 13.7. The van der Waals surface area contributed by atoms with E-state index in [1.165, 1.54) is 0 Å². The summed E-state index contributed by atoms with van der Waals surface area (Å²) in [6, 6.07) is 0. The predicted molar refractivity (Wildman–Crippen MR) is 155 cm³/mol. The van der Waals surface area contributed by atoms with Crippen LogP contribution in [0.3, 0.4) is 0 Å². The highest BCUT2D eigenvalue weighted by Gasteiger charge is 2.68. The Hall–Kier alpha value is -2.21. The van der Waals surface area contributed by atoms with Crippen molar-refractivity contribution in [3.05, 3.63) is 10.1 Å². The Morgan fingerprint density at radius 1 is 1.20 bits per heavy atom. The Bertz CT molecular complexity index is 946. The highest BCUT2D eigenvalue weighted by Crippen LogP contribution is 2.65. The summed E-state index contributed by atoms with van der Waals surface area (Å²) in [5, 5.41) is 13.0. The Morgan fingerprint density at radius 3 is 2.55 bits per heavy atom. The van der Waals surface area contributed by atoms with E-state index in [0.29, 0.717) is 43.4 Å².